The molecule has 0 aliphatic heterocycles. The number of nitrogens with one attached hydrogen (secondary N) is 1. The van der Waals surface area contributed by atoms with Gasteiger partial charge >= 0.3 is 5.97 Å². The van der Waals surface area contributed by atoms with Gasteiger partial charge in [-0.25, -0.2) is 4.79 Å². The number of aromatic carboxylic acids is 1. The summed E-state index contributed by atoms with van der Waals surface area (Å²) in [7, 11) is 0. The highest BCUT2D eigenvalue weighted by Gasteiger charge is 2.10. The first-order chi connectivity index (χ1) is 14.5. The lowest BCUT2D eigenvalue weighted by atomic mass is 10.1. The molecule has 0 atom stereocenters. The van der Waals surface area contributed by atoms with Crippen LogP contribution in [0.3, 0.4) is 0 Å². The van der Waals surface area contributed by atoms with Crippen molar-refractivity contribution in [2.24, 2.45) is 0 Å². The van der Waals surface area contributed by atoms with Gasteiger partial charge in [-0.05, 0) is 55.3 Å². The first-order valence-electron chi connectivity index (χ1n) is 9.67. The fourth-order valence-electron chi connectivity index (χ4n) is 2.89. The molecule has 0 bridgehead atoms. The third-order valence-corrected chi connectivity index (χ3v) is 4.85. The van der Waals surface area contributed by atoms with Crippen molar-refractivity contribution in [3.63, 3.8) is 0 Å². The molecule has 0 aliphatic carbocycles. The maximum atomic E-state index is 11.2. The van der Waals surface area contributed by atoms with Crippen LogP contribution in [0.4, 0.5) is 5.69 Å². The highest BCUT2D eigenvalue weighted by atomic mass is 35.5. The Bertz CT molecular complexity index is 1020. The van der Waals surface area contributed by atoms with Gasteiger partial charge in [0.25, 0.3) is 0 Å². The van der Waals surface area contributed by atoms with E-state index in [0.29, 0.717) is 42.0 Å². The maximum Gasteiger partial charge on any atom is 0.335 e. The molecular formula is C24H24ClNO4. The molecule has 0 spiro atoms. The summed E-state index contributed by atoms with van der Waals surface area (Å²) in [4.78, 5) is 11.2. The molecular weight excluding hydrogens is 402 g/mol. The molecule has 0 radical (unpaired) electrons. The van der Waals surface area contributed by atoms with E-state index < -0.39 is 5.97 Å². The van der Waals surface area contributed by atoms with E-state index in [1.165, 1.54) is 17.7 Å². The normalized spacial score (nSPS) is 10.5. The largest absolute Gasteiger partial charge is 0.490 e. The van der Waals surface area contributed by atoms with Crippen molar-refractivity contribution in [2.45, 2.75) is 27.0 Å². The van der Waals surface area contributed by atoms with Crippen LogP contribution < -0.4 is 14.8 Å². The Morgan fingerprint density at radius 3 is 2.40 bits per heavy atom. The zero-order chi connectivity index (χ0) is 21.5. The van der Waals surface area contributed by atoms with E-state index in [0.717, 1.165) is 11.1 Å². The predicted molar refractivity (Wildman–Crippen MR) is 119 cm³/mol. The minimum atomic E-state index is -0.997. The summed E-state index contributed by atoms with van der Waals surface area (Å²) in [5, 5.41) is 12.8. The van der Waals surface area contributed by atoms with E-state index in [-0.39, 0.29) is 5.56 Å². The molecule has 6 heteroatoms. The van der Waals surface area contributed by atoms with Crippen molar-refractivity contribution < 1.29 is 19.4 Å². The second kappa shape index (κ2) is 10.0. The van der Waals surface area contributed by atoms with Crippen molar-refractivity contribution in [1.82, 2.24) is 0 Å². The Hall–Kier alpha value is -3.18. The number of ether oxygens (including phenoxy) is 2. The lowest BCUT2D eigenvalue weighted by molar-refractivity contribution is 0.0697. The lowest BCUT2D eigenvalue weighted by Crippen LogP contribution is -2.04. The Balaban J connectivity index is 1.70. The number of anilines is 1. The molecule has 0 aliphatic rings. The van der Waals surface area contributed by atoms with Crippen LogP contribution in [0.5, 0.6) is 11.5 Å². The van der Waals surface area contributed by atoms with Crippen LogP contribution in [0.2, 0.25) is 5.02 Å². The van der Waals surface area contributed by atoms with Crippen molar-refractivity contribution in [1.29, 1.82) is 0 Å². The van der Waals surface area contributed by atoms with Gasteiger partial charge < -0.3 is 19.9 Å². The number of carboxylic acids is 1. The van der Waals surface area contributed by atoms with Crippen LogP contribution in [-0.2, 0) is 13.2 Å². The number of halogens is 1. The maximum absolute atomic E-state index is 11.2. The lowest BCUT2D eigenvalue weighted by Gasteiger charge is -2.15. The number of benzene rings is 3. The van der Waals surface area contributed by atoms with Gasteiger partial charge in [0.1, 0.15) is 6.61 Å². The number of aryl methyl sites for hydroxylation is 1. The third-order valence-electron chi connectivity index (χ3n) is 4.52. The molecule has 30 heavy (non-hydrogen) atoms. The van der Waals surface area contributed by atoms with Gasteiger partial charge in [0.2, 0.25) is 0 Å². The van der Waals surface area contributed by atoms with Gasteiger partial charge in [-0.1, -0.05) is 47.5 Å². The zero-order valence-electron chi connectivity index (χ0n) is 16.9. The summed E-state index contributed by atoms with van der Waals surface area (Å²) in [6.07, 6.45) is 0. The standard InChI is InChI=1S/C24H24ClNO4/c1-3-29-23-12-18(14-26-21-13-19(24(27)28)9-10-20(21)25)8-11-22(23)30-15-17-6-4-16(2)5-7-17/h4-13,26H,3,14-15H2,1-2H3,(H,27,28). The SMILES string of the molecule is CCOc1cc(CNc2cc(C(=O)O)ccc2Cl)ccc1OCc1ccc(C)cc1. The van der Waals surface area contributed by atoms with Crippen LogP contribution in [0.15, 0.2) is 60.7 Å². The molecule has 0 saturated heterocycles. The van der Waals surface area contributed by atoms with Gasteiger partial charge in [0.15, 0.2) is 11.5 Å². The van der Waals surface area contributed by atoms with Crippen LogP contribution in [0, 0.1) is 6.92 Å². The molecule has 5 nitrogen and oxygen atoms in total. The number of rotatable bonds is 9. The quantitative estimate of drug-likeness (QED) is 0.444. The van der Waals surface area contributed by atoms with Crippen LogP contribution >= 0.6 is 11.6 Å². The number of carbonyl (C=O) groups is 1. The first kappa shape index (κ1) is 21.5. The van der Waals surface area contributed by atoms with E-state index in [1.807, 2.05) is 37.3 Å². The molecule has 2 N–H and O–H groups in total. The van der Waals surface area contributed by atoms with Gasteiger partial charge in [0.05, 0.1) is 22.9 Å². The second-order valence-corrected chi connectivity index (χ2v) is 7.25. The molecule has 156 valence electrons. The van der Waals surface area contributed by atoms with Gasteiger partial charge in [0, 0.05) is 6.54 Å². The highest BCUT2D eigenvalue weighted by molar-refractivity contribution is 6.33. The summed E-state index contributed by atoms with van der Waals surface area (Å²) in [5.74, 6) is 0.338. The average Bonchev–Trinajstić information content (AvgIpc) is 2.73. The van der Waals surface area contributed by atoms with Crippen LogP contribution in [-0.4, -0.2) is 17.7 Å². The minimum absolute atomic E-state index is 0.178. The molecule has 3 rings (SSSR count). The van der Waals surface area contributed by atoms with Crippen molar-refractivity contribution in [3.8, 4) is 11.5 Å². The monoisotopic (exact) mass is 425 g/mol. The molecule has 0 aromatic heterocycles. The topological polar surface area (TPSA) is 67.8 Å². The van der Waals surface area contributed by atoms with Crippen LogP contribution in [0.25, 0.3) is 0 Å². The fourth-order valence-corrected chi connectivity index (χ4v) is 3.07. The average molecular weight is 426 g/mol. The van der Waals surface area contributed by atoms with Gasteiger partial charge in [-0.3, -0.25) is 0 Å². The molecule has 0 unspecified atom stereocenters. The first-order valence-corrected chi connectivity index (χ1v) is 10.0. The molecule has 3 aromatic rings. The fraction of sp³-hybridized carbons (Fsp3) is 0.208. The molecule has 0 fully saturated rings. The molecule has 0 heterocycles. The highest BCUT2D eigenvalue weighted by Crippen LogP contribution is 2.30. The van der Waals surface area contributed by atoms with E-state index in [4.69, 9.17) is 26.2 Å². The van der Waals surface area contributed by atoms with E-state index in [1.54, 1.807) is 6.07 Å². The summed E-state index contributed by atoms with van der Waals surface area (Å²) in [5.41, 5.74) is 3.99. The van der Waals surface area contributed by atoms with E-state index in [2.05, 4.69) is 24.4 Å². The third kappa shape index (κ3) is 5.67. The smallest absolute Gasteiger partial charge is 0.335 e. The number of hydrogen-bond donors (Lipinski definition) is 2. The Kier molecular flexibility index (Phi) is 7.20. The zero-order valence-corrected chi connectivity index (χ0v) is 17.7. The number of hydrogen-bond acceptors (Lipinski definition) is 4. The van der Waals surface area contributed by atoms with Crippen molar-refractivity contribution >= 4 is 23.3 Å². The summed E-state index contributed by atoms with van der Waals surface area (Å²) in [6.45, 7) is 5.41. The van der Waals surface area contributed by atoms with Gasteiger partial charge in [-0.15, -0.1) is 0 Å². The number of carboxylic acid groups (broad SMARTS) is 1. The molecule has 0 amide bonds. The predicted octanol–water partition coefficient (Wildman–Crippen LogP) is 5.94. The van der Waals surface area contributed by atoms with Crippen molar-refractivity contribution in [3.05, 3.63) is 87.9 Å². The minimum Gasteiger partial charge on any atom is -0.490 e. The van der Waals surface area contributed by atoms with E-state index >= 15 is 0 Å². The molecule has 0 saturated carbocycles. The Labute approximate surface area is 181 Å². The van der Waals surface area contributed by atoms with Crippen molar-refractivity contribution in [2.75, 3.05) is 11.9 Å². The summed E-state index contributed by atoms with van der Waals surface area (Å²) >= 11 is 6.18. The second-order valence-electron chi connectivity index (χ2n) is 6.84. The molecule has 3 aromatic carbocycles. The van der Waals surface area contributed by atoms with E-state index in [9.17, 15) is 4.79 Å². The van der Waals surface area contributed by atoms with Gasteiger partial charge in [-0.2, -0.15) is 0 Å². The Morgan fingerprint density at radius 2 is 1.70 bits per heavy atom. The summed E-state index contributed by atoms with van der Waals surface area (Å²) in [6, 6.07) is 18.5. The Morgan fingerprint density at radius 1 is 0.967 bits per heavy atom. The van der Waals surface area contributed by atoms with Crippen LogP contribution in [0.1, 0.15) is 34.0 Å². The summed E-state index contributed by atoms with van der Waals surface area (Å²) < 4.78 is 11.7.